The van der Waals surface area contributed by atoms with E-state index in [1.165, 1.54) is 0 Å². The number of aromatic nitrogens is 3. The Morgan fingerprint density at radius 3 is 2.54 bits per heavy atom. The van der Waals surface area contributed by atoms with Crippen LogP contribution in [0.3, 0.4) is 0 Å². The van der Waals surface area contributed by atoms with Crippen molar-refractivity contribution in [1.29, 1.82) is 0 Å². The highest BCUT2D eigenvalue weighted by molar-refractivity contribution is 5.98. The van der Waals surface area contributed by atoms with Crippen LogP contribution in [0.15, 0.2) is 79.3 Å². The molecule has 0 bridgehead atoms. The molecule has 4 aromatic rings. The van der Waals surface area contributed by atoms with Crippen LogP contribution in [0.25, 0.3) is 11.5 Å². The molecule has 0 radical (unpaired) electrons. The smallest absolute Gasteiger partial charge is 0.259 e. The van der Waals surface area contributed by atoms with E-state index in [0.717, 1.165) is 35.3 Å². The van der Waals surface area contributed by atoms with Gasteiger partial charge < -0.3 is 14.8 Å². The van der Waals surface area contributed by atoms with E-state index in [-0.39, 0.29) is 17.7 Å². The fraction of sp³-hybridized carbons (Fsp3) is 0.250. The lowest BCUT2D eigenvalue weighted by Crippen LogP contribution is -2.44. The summed E-state index contributed by atoms with van der Waals surface area (Å²) in [6.07, 6.45) is 6.98. The fourth-order valence-electron chi connectivity index (χ4n) is 4.63. The van der Waals surface area contributed by atoms with E-state index in [0.29, 0.717) is 24.5 Å². The van der Waals surface area contributed by atoms with Crippen molar-refractivity contribution in [2.45, 2.75) is 26.7 Å². The predicted octanol–water partition coefficient (Wildman–Crippen LogP) is 4.77. The van der Waals surface area contributed by atoms with Gasteiger partial charge in [-0.15, -0.1) is 0 Å². The number of aryl methyl sites for hydroxylation is 2. The topological polar surface area (TPSA) is 72.2 Å². The lowest BCUT2D eigenvalue weighted by Gasteiger charge is -2.32. The van der Waals surface area contributed by atoms with Crippen LogP contribution >= 0.6 is 0 Å². The molecule has 35 heavy (non-hydrogen) atoms. The number of hydrogen-bond acceptors (Lipinski definition) is 3. The summed E-state index contributed by atoms with van der Waals surface area (Å²) in [6.45, 7) is 5.00. The van der Waals surface area contributed by atoms with E-state index >= 15 is 0 Å². The lowest BCUT2D eigenvalue weighted by molar-refractivity contribution is -0.121. The summed E-state index contributed by atoms with van der Waals surface area (Å²) in [4.78, 5) is 28.6. The van der Waals surface area contributed by atoms with Crippen molar-refractivity contribution in [3.63, 3.8) is 0 Å². The van der Waals surface area contributed by atoms with Crippen LogP contribution in [0.5, 0.6) is 0 Å². The lowest BCUT2D eigenvalue weighted by atomic mass is 9.96. The van der Waals surface area contributed by atoms with Crippen LogP contribution in [-0.2, 0) is 4.79 Å². The van der Waals surface area contributed by atoms with Gasteiger partial charge in [-0.25, -0.2) is 4.68 Å². The zero-order chi connectivity index (χ0) is 24.4. The Balaban J connectivity index is 1.39. The Bertz CT molecular complexity index is 1340. The molecule has 1 fully saturated rings. The van der Waals surface area contributed by atoms with Crippen LogP contribution in [0, 0.1) is 19.8 Å². The third kappa shape index (κ3) is 4.62. The van der Waals surface area contributed by atoms with Gasteiger partial charge in [0.15, 0.2) is 5.82 Å². The SMILES string of the molecule is Cc1ccc(C)c(NC(=O)C2CCCN(C(=O)c3cnn(-c4ccccc4)c3-n3cccc3)C2)c1. The van der Waals surface area contributed by atoms with Gasteiger partial charge in [-0.05, 0) is 68.1 Å². The first-order valence-corrected chi connectivity index (χ1v) is 12.0. The van der Waals surface area contributed by atoms with Crippen molar-refractivity contribution in [3.8, 4) is 11.5 Å². The molecule has 0 saturated carbocycles. The number of nitrogens with one attached hydrogen (secondary N) is 1. The maximum atomic E-state index is 13.7. The first kappa shape index (κ1) is 22.7. The molecule has 7 heteroatoms. The zero-order valence-corrected chi connectivity index (χ0v) is 20.0. The molecular formula is C28H29N5O2. The molecule has 1 atom stereocenters. The highest BCUT2D eigenvalue weighted by Gasteiger charge is 2.31. The number of likely N-dealkylation sites (tertiary alicyclic amines) is 1. The summed E-state index contributed by atoms with van der Waals surface area (Å²) in [6, 6.07) is 19.6. The Labute approximate surface area is 205 Å². The number of benzene rings is 2. The second-order valence-electron chi connectivity index (χ2n) is 9.12. The van der Waals surface area contributed by atoms with Gasteiger partial charge in [-0.1, -0.05) is 30.3 Å². The minimum absolute atomic E-state index is 0.0400. The van der Waals surface area contributed by atoms with E-state index < -0.39 is 0 Å². The second kappa shape index (κ2) is 9.62. The Hall–Kier alpha value is -4.13. The number of anilines is 1. The molecule has 178 valence electrons. The minimum Gasteiger partial charge on any atom is -0.338 e. The maximum absolute atomic E-state index is 13.7. The summed E-state index contributed by atoms with van der Waals surface area (Å²) in [7, 11) is 0. The molecule has 2 amide bonds. The number of nitrogens with zero attached hydrogens (tertiary/aromatic N) is 4. The quantitative estimate of drug-likeness (QED) is 0.460. The summed E-state index contributed by atoms with van der Waals surface area (Å²) >= 11 is 0. The van der Waals surface area contributed by atoms with Crippen LogP contribution in [0.1, 0.15) is 34.3 Å². The molecule has 0 aliphatic carbocycles. The van der Waals surface area contributed by atoms with Crippen molar-refractivity contribution < 1.29 is 9.59 Å². The molecule has 2 aromatic carbocycles. The van der Waals surface area contributed by atoms with Crippen molar-refractivity contribution >= 4 is 17.5 Å². The number of amides is 2. The van der Waals surface area contributed by atoms with Gasteiger partial charge in [0.25, 0.3) is 5.91 Å². The van der Waals surface area contributed by atoms with Gasteiger partial charge in [0.1, 0.15) is 5.56 Å². The largest absolute Gasteiger partial charge is 0.338 e. The third-order valence-corrected chi connectivity index (χ3v) is 6.55. The number of carbonyl (C=O) groups excluding carboxylic acids is 2. The summed E-state index contributed by atoms with van der Waals surface area (Å²) in [5.74, 6) is 0.280. The van der Waals surface area contributed by atoms with Gasteiger partial charge >= 0.3 is 0 Å². The molecule has 3 heterocycles. The molecular weight excluding hydrogens is 438 g/mol. The number of hydrogen-bond donors (Lipinski definition) is 1. The van der Waals surface area contributed by atoms with Gasteiger partial charge in [0.05, 0.1) is 17.8 Å². The Kier molecular flexibility index (Phi) is 6.23. The average molecular weight is 468 g/mol. The second-order valence-corrected chi connectivity index (χ2v) is 9.12. The monoisotopic (exact) mass is 467 g/mol. The first-order valence-electron chi connectivity index (χ1n) is 12.0. The molecule has 2 aromatic heterocycles. The van der Waals surface area contributed by atoms with E-state index in [1.54, 1.807) is 15.8 Å². The van der Waals surface area contributed by atoms with Crippen molar-refractivity contribution in [2.24, 2.45) is 5.92 Å². The van der Waals surface area contributed by atoms with Gasteiger partial charge in [-0.2, -0.15) is 5.10 Å². The zero-order valence-electron chi connectivity index (χ0n) is 20.0. The molecule has 5 rings (SSSR count). The molecule has 1 saturated heterocycles. The van der Waals surface area contributed by atoms with Crippen LogP contribution in [-0.4, -0.2) is 44.2 Å². The van der Waals surface area contributed by atoms with E-state index in [1.807, 2.05) is 91.5 Å². The average Bonchev–Trinajstić information content (AvgIpc) is 3.56. The highest BCUT2D eigenvalue weighted by atomic mass is 16.2. The summed E-state index contributed by atoms with van der Waals surface area (Å²) in [5.41, 5.74) is 4.34. The first-order chi connectivity index (χ1) is 17.0. The summed E-state index contributed by atoms with van der Waals surface area (Å²) in [5, 5.41) is 7.64. The van der Waals surface area contributed by atoms with Gasteiger partial charge in [0.2, 0.25) is 5.91 Å². The van der Waals surface area contributed by atoms with Gasteiger partial charge in [-0.3, -0.25) is 9.59 Å². The number of rotatable bonds is 5. The fourth-order valence-corrected chi connectivity index (χ4v) is 4.63. The van der Waals surface area contributed by atoms with Crippen molar-refractivity contribution in [1.82, 2.24) is 19.2 Å². The number of piperidine rings is 1. The molecule has 7 nitrogen and oxygen atoms in total. The molecule has 1 unspecified atom stereocenters. The minimum atomic E-state index is -0.258. The third-order valence-electron chi connectivity index (χ3n) is 6.55. The van der Waals surface area contributed by atoms with E-state index in [4.69, 9.17) is 0 Å². The van der Waals surface area contributed by atoms with E-state index in [2.05, 4.69) is 10.4 Å². The van der Waals surface area contributed by atoms with Crippen molar-refractivity contribution in [2.75, 3.05) is 18.4 Å². The molecule has 0 spiro atoms. The normalized spacial score (nSPS) is 15.7. The molecule has 1 N–H and O–H groups in total. The van der Waals surface area contributed by atoms with Crippen LogP contribution in [0.4, 0.5) is 5.69 Å². The summed E-state index contributed by atoms with van der Waals surface area (Å²) < 4.78 is 3.68. The maximum Gasteiger partial charge on any atom is 0.259 e. The number of carbonyl (C=O) groups is 2. The Morgan fingerprint density at radius 1 is 1.00 bits per heavy atom. The molecule has 1 aliphatic heterocycles. The Morgan fingerprint density at radius 2 is 1.77 bits per heavy atom. The van der Waals surface area contributed by atoms with Gasteiger partial charge in [0, 0.05) is 31.2 Å². The molecule has 1 aliphatic rings. The standard InChI is InChI=1S/C28H29N5O2/c1-20-12-13-21(2)25(17-20)30-26(34)22-9-8-16-32(19-22)28(35)24-18-29-33(23-10-4-3-5-11-23)27(24)31-14-6-7-15-31/h3-7,10-15,17-18,22H,8-9,16,19H2,1-2H3,(H,30,34). The highest BCUT2D eigenvalue weighted by Crippen LogP contribution is 2.25. The van der Waals surface area contributed by atoms with E-state index in [9.17, 15) is 9.59 Å². The number of para-hydroxylation sites is 1. The van der Waals surface area contributed by atoms with Crippen LogP contribution in [0.2, 0.25) is 0 Å². The van der Waals surface area contributed by atoms with Crippen LogP contribution < -0.4 is 5.32 Å². The predicted molar refractivity (Wildman–Crippen MR) is 136 cm³/mol. The van der Waals surface area contributed by atoms with Crippen molar-refractivity contribution in [3.05, 3.63) is 95.9 Å².